The van der Waals surface area contributed by atoms with Crippen LogP contribution in [0.15, 0.2) is 12.1 Å². The minimum Gasteiger partial charge on any atom is -0.396 e. The van der Waals surface area contributed by atoms with Gasteiger partial charge in [0.25, 0.3) is 0 Å². The van der Waals surface area contributed by atoms with Gasteiger partial charge in [0.1, 0.15) is 5.82 Å². The van der Waals surface area contributed by atoms with Crippen LogP contribution in [0.4, 0.5) is 4.39 Å². The molecule has 0 aliphatic rings. The van der Waals surface area contributed by atoms with Gasteiger partial charge in [-0.3, -0.25) is 0 Å². The smallest absolute Gasteiger partial charge is 0.129 e. The monoisotopic (exact) mass is 197 g/mol. The molecule has 2 nitrogen and oxygen atoms in total. The molecule has 78 valence electrons. The van der Waals surface area contributed by atoms with Crippen molar-refractivity contribution in [1.29, 1.82) is 0 Å². The highest BCUT2D eigenvalue weighted by atomic mass is 19.1. The Morgan fingerprint density at radius 3 is 2.29 bits per heavy atom. The average molecular weight is 197 g/mol. The van der Waals surface area contributed by atoms with E-state index in [4.69, 9.17) is 10.8 Å². The molecule has 0 heterocycles. The summed E-state index contributed by atoms with van der Waals surface area (Å²) in [7, 11) is 0. The van der Waals surface area contributed by atoms with Gasteiger partial charge in [0, 0.05) is 12.6 Å². The van der Waals surface area contributed by atoms with Gasteiger partial charge in [0.05, 0.1) is 0 Å². The van der Waals surface area contributed by atoms with Crippen LogP contribution in [0.25, 0.3) is 0 Å². The SMILES string of the molecule is Cc1cc(C(N)CCO)cc(C)c1F. The maximum Gasteiger partial charge on any atom is 0.129 e. The Hall–Kier alpha value is -0.930. The summed E-state index contributed by atoms with van der Waals surface area (Å²) in [6.45, 7) is 3.49. The highest BCUT2D eigenvalue weighted by Crippen LogP contribution is 2.20. The molecule has 0 fully saturated rings. The van der Waals surface area contributed by atoms with Crippen molar-refractivity contribution in [2.24, 2.45) is 5.73 Å². The minimum absolute atomic E-state index is 0.0522. The number of aliphatic hydroxyl groups is 1. The topological polar surface area (TPSA) is 46.2 Å². The summed E-state index contributed by atoms with van der Waals surface area (Å²) >= 11 is 0. The maximum absolute atomic E-state index is 13.3. The lowest BCUT2D eigenvalue weighted by Gasteiger charge is -2.13. The van der Waals surface area contributed by atoms with Crippen LogP contribution in [-0.4, -0.2) is 11.7 Å². The summed E-state index contributed by atoms with van der Waals surface area (Å²) in [5.41, 5.74) is 7.91. The summed E-state index contributed by atoms with van der Waals surface area (Å²) < 4.78 is 13.3. The predicted octanol–water partition coefficient (Wildman–Crippen LogP) is 1.82. The molecule has 0 aliphatic carbocycles. The van der Waals surface area contributed by atoms with Crippen LogP contribution in [0, 0.1) is 19.7 Å². The molecule has 1 rings (SSSR count). The van der Waals surface area contributed by atoms with E-state index in [1.165, 1.54) is 0 Å². The Morgan fingerprint density at radius 2 is 1.86 bits per heavy atom. The van der Waals surface area contributed by atoms with Crippen molar-refractivity contribution in [3.8, 4) is 0 Å². The number of rotatable bonds is 3. The van der Waals surface area contributed by atoms with Gasteiger partial charge in [0.2, 0.25) is 0 Å². The van der Waals surface area contributed by atoms with Crippen LogP contribution in [0.1, 0.15) is 29.2 Å². The molecule has 14 heavy (non-hydrogen) atoms. The van der Waals surface area contributed by atoms with E-state index in [9.17, 15) is 4.39 Å². The van der Waals surface area contributed by atoms with E-state index in [1.54, 1.807) is 26.0 Å². The van der Waals surface area contributed by atoms with Crippen LogP contribution in [-0.2, 0) is 0 Å². The molecular weight excluding hydrogens is 181 g/mol. The molecule has 0 aromatic heterocycles. The maximum atomic E-state index is 13.3. The molecule has 1 aromatic carbocycles. The second-order valence-electron chi connectivity index (χ2n) is 3.59. The summed E-state index contributed by atoms with van der Waals surface area (Å²) in [4.78, 5) is 0. The number of hydrogen-bond acceptors (Lipinski definition) is 2. The predicted molar refractivity (Wildman–Crippen MR) is 54.5 cm³/mol. The molecule has 3 heteroatoms. The van der Waals surface area contributed by atoms with E-state index in [1.807, 2.05) is 0 Å². The third-order valence-electron chi connectivity index (χ3n) is 2.33. The van der Waals surface area contributed by atoms with Crippen molar-refractivity contribution >= 4 is 0 Å². The van der Waals surface area contributed by atoms with E-state index in [2.05, 4.69) is 0 Å². The Kier molecular flexibility index (Phi) is 3.61. The van der Waals surface area contributed by atoms with E-state index in [0.717, 1.165) is 5.56 Å². The summed E-state index contributed by atoms with van der Waals surface area (Å²) in [6.07, 6.45) is 0.504. The second kappa shape index (κ2) is 4.53. The lowest BCUT2D eigenvalue weighted by Crippen LogP contribution is -2.12. The fraction of sp³-hybridized carbons (Fsp3) is 0.455. The standard InChI is InChI=1S/C11H16FNO/c1-7-5-9(10(13)3-4-14)6-8(2)11(7)12/h5-6,10,14H,3-4,13H2,1-2H3. The van der Waals surface area contributed by atoms with E-state index >= 15 is 0 Å². The largest absolute Gasteiger partial charge is 0.396 e. The van der Waals surface area contributed by atoms with Crippen LogP contribution in [0.2, 0.25) is 0 Å². The van der Waals surface area contributed by atoms with Gasteiger partial charge in [0.15, 0.2) is 0 Å². The molecule has 0 bridgehead atoms. The first-order valence-electron chi connectivity index (χ1n) is 4.69. The van der Waals surface area contributed by atoms with E-state index in [0.29, 0.717) is 17.5 Å². The second-order valence-corrected chi connectivity index (χ2v) is 3.59. The Balaban J connectivity index is 3.00. The van der Waals surface area contributed by atoms with Gasteiger partial charge in [-0.2, -0.15) is 0 Å². The Labute approximate surface area is 83.6 Å². The van der Waals surface area contributed by atoms with E-state index < -0.39 is 0 Å². The normalized spacial score (nSPS) is 12.9. The lowest BCUT2D eigenvalue weighted by atomic mass is 9.99. The van der Waals surface area contributed by atoms with Crippen molar-refractivity contribution in [3.05, 3.63) is 34.6 Å². The molecule has 1 unspecified atom stereocenters. The highest BCUT2D eigenvalue weighted by molar-refractivity contribution is 5.32. The quantitative estimate of drug-likeness (QED) is 0.776. The molecule has 3 N–H and O–H groups in total. The Bertz CT molecular complexity index is 302. The van der Waals surface area contributed by atoms with Gasteiger partial charge in [-0.1, -0.05) is 12.1 Å². The number of halogens is 1. The van der Waals surface area contributed by atoms with Crippen LogP contribution in [0.5, 0.6) is 0 Å². The summed E-state index contributed by atoms with van der Waals surface area (Å²) in [6, 6.07) is 3.27. The summed E-state index contributed by atoms with van der Waals surface area (Å²) in [5.74, 6) is -0.176. The fourth-order valence-corrected chi connectivity index (χ4v) is 1.50. The molecule has 0 aliphatic heterocycles. The third kappa shape index (κ3) is 2.30. The molecule has 0 spiro atoms. The molecule has 0 saturated carbocycles. The van der Waals surface area contributed by atoms with E-state index in [-0.39, 0.29) is 18.5 Å². The van der Waals surface area contributed by atoms with Crippen LogP contribution in [0.3, 0.4) is 0 Å². The van der Waals surface area contributed by atoms with Gasteiger partial charge < -0.3 is 10.8 Å². The van der Waals surface area contributed by atoms with Crippen molar-refractivity contribution in [3.63, 3.8) is 0 Å². The number of aryl methyl sites for hydroxylation is 2. The zero-order valence-corrected chi connectivity index (χ0v) is 8.55. The fourth-order valence-electron chi connectivity index (χ4n) is 1.50. The third-order valence-corrected chi connectivity index (χ3v) is 2.33. The molecule has 1 aromatic rings. The number of aliphatic hydroxyl groups excluding tert-OH is 1. The lowest BCUT2D eigenvalue weighted by molar-refractivity contribution is 0.276. The molecule has 1 atom stereocenters. The number of benzene rings is 1. The van der Waals surface area contributed by atoms with Crippen LogP contribution < -0.4 is 5.73 Å². The van der Waals surface area contributed by atoms with Crippen molar-refractivity contribution in [1.82, 2.24) is 0 Å². The number of hydrogen-bond donors (Lipinski definition) is 2. The van der Waals surface area contributed by atoms with Crippen LogP contribution >= 0.6 is 0 Å². The molecule has 0 radical (unpaired) electrons. The van der Waals surface area contributed by atoms with Crippen molar-refractivity contribution in [2.75, 3.05) is 6.61 Å². The van der Waals surface area contributed by atoms with Gasteiger partial charge >= 0.3 is 0 Å². The first-order chi connectivity index (χ1) is 6.56. The molecule has 0 amide bonds. The first-order valence-corrected chi connectivity index (χ1v) is 4.69. The van der Waals surface area contributed by atoms with Gasteiger partial charge in [-0.05, 0) is 37.0 Å². The first kappa shape index (κ1) is 11.1. The molecular formula is C11H16FNO. The average Bonchev–Trinajstić information content (AvgIpc) is 2.13. The zero-order chi connectivity index (χ0) is 10.7. The minimum atomic E-state index is -0.210. The van der Waals surface area contributed by atoms with Crippen molar-refractivity contribution < 1.29 is 9.50 Å². The van der Waals surface area contributed by atoms with Gasteiger partial charge in [-0.15, -0.1) is 0 Å². The number of nitrogens with two attached hydrogens (primary N) is 1. The van der Waals surface area contributed by atoms with Crippen molar-refractivity contribution in [2.45, 2.75) is 26.3 Å². The Morgan fingerprint density at radius 1 is 1.36 bits per heavy atom. The highest BCUT2D eigenvalue weighted by Gasteiger charge is 2.09. The van der Waals surface area contributed by atoms with Gasteiger partial charge in [-0.25, -0.2) is 4.39 Å². The summed E-state index contributed by atoms with van der Waals surface area (Å²) in [5, 5.41) is 8.74. The molecule has 0 saturated heterocycles. The zero-order valence-electron chi connectivity index (χ0n) is 8.55.